The van der Waals surface area contributed by atoms with Gasteiger partial charge in [0.15, 0.2) is 0 Å². The lowest BCUT2D eigenvalue weighted by atomic mass is 9.80. The second-order valence-corrected chi connectivity index (χ2v) is 6.04. The molecule has 0 amide bonds. The molecule has 1 saturated carbocycles. The van der Waals surface area contributed by atoms with E-state index < -0.39 is 0 Å². The van der Waals surface area contributed by atoms with Crippen LogP contribution in [0.2, 0.25) is 0 Å². The van der Waals surface area contributed by atoms with Crippen molar-refractivity contribution in [3.8, 4) is 0 Å². The first-order valence-electron chi connectivity index (χ1n) is 7.29. The highest BCUT2D eigenvalue weighted by Gasteiger charge is 2.27. The Balaban J connectivity index is 1.77. The molecule has 2 rings (SSSR count). The van der Waals surface area contributed by atoms with E-state index in [1.165, 1.54) is 31.4 Å². The molecule has 0 spiro atoms. The molecule has 0 bridgehead atoms. The maximum absolute atomic E-state index is 12.8. The summed E-state index contributed by atoms with van der Waals surface area (Å²) in [5.41, 5.74) is 7.65. The topological polar surface area (TPSA) is 29.3 Å². The number of halogens is 1. The Morgan fingerprint density at radius 3 is 2.42 bits per heavy atom. The number of rotatable bonds is 5. The summed E-state index contributed by atoms with van der Waals surface area (Å²) in [6, 6.07) is 6.75. The van der Waals surface area contributed by atoms with Crippen LogP contribution in [0.4, 0.5) is 4.39 Å². The van der Waals surface area contributed by atoms with Crippen LogP contribution < -0.4 is 5.73 Å². The van der Waals surface area contributed by atoms with Crippen LogP contribution in [0.1, 0.15) is 44.1 Å². The lowest BCUT2D eigenvalue weighted by Gasteiger charge is -2.34. The highest BCUT2D eigenvalue weighted by atomic mass is 19.1. The lowest BCUT2D eigenvalue weighted by molar-refractivity contribution is 0.226. The van der Waals surface area contributed by atoms with E-state index in [1.54, 1.807) is 0 Å². The van der Waals surface area contributed by atoms with Crippen molar-refractivity contribution in [2.45, 2.75) is 50.6 Å². The minimum absolute atomic E-state index is 0.0509. The van der Waals surface area contributed by atoms with Crippen molar-refractivity contribution in [3.63, 3.8) is 0 Å². The fourth-order valence-electron chi connectivity index (χ4n) is 2.90. The van der Waals surface area contributed by atoms with Crippen molar-refractivity contribution < 1.29 is 4.39 Å². The number of nitrogens with two attached hydrogens (primary N) is 1. The summed E-state index contributed by atoms with van der Waals surface area (Å²) in [5.74, 6) is -0.172. The maximum atomic E-state index is 12.8. The zero-order valence-corrected chi connectivity index (χ0v) is 11.9. The molecule has 2 nitrogen and oxygen atoms in total. The smallest absolute Gasteiger partial charge is 0.123 e. The van der Waals surface area contributed by atoms with Gasteiger partial charge in [-0.2, -0.15) is 0 Å². The van der Waals surface area contributed by atoms with Gasteiger partial charge in [0.05, 0.1) is 0 Å². The Labute approximate surface area is 115 Å². The second kappa shape index (κ2) is 6.49. The van der Waals surface area contributed by atoms with Crippen LogP contribution in [0.3, 0.4) is 0 Å². The number of nitrogens with zero attached hydrogens (tertiary/aromatic N) is 1. The summed E-state index contributed by atoms with van der Waals surface area (Å²) < 4.78 is 12.8. The third-order valence-corrected chi connectivity index (χ3v) is 4.21. The molecule has 0 unspecified atom stereocenters. The van der Waals surface area contributed by atoms with Crippen LogP contribution in [0.5, 0.6) is 0 Å². The molecule has 1 aromatic rings. The van der Waals surface area contributed by atoms with Crippen LogP contribution in [-0.4, -0.2) is 24.0 Å². The van der Waals surface area contributed by atoms with Gasteiger partial charge in [-0.05, 0) is 50.6 Å². The van der Waals surface area contributed by atoms with Crippen LogP contribution in [0, 0.1) is 5.82 Å². The molecule has 1 aromatic carbocycles. The van der Waals surface area contributed by atoms with Gasteiger partial charge < -0.3 is 10.6 Å². The fraction of sp³-hybridized carbons (Fsp3) is 0.625. The molecule has 3 heteroatoms. The van der Waals surface area contributed by atoms with E-state index in [0.29, 0.717) is 0 Å². The zero-order valence-electron chi connectivity index (χ0n) is 11.9. The summed E-state index contributed by atoms with van der Waals surface area (Å²) in [7, 11) is 2.11. The molecule has 0 aliphatic heterocycles. The number of benzene rings is 1. The van der Waals surface area contributed by atoms with Gasteiger partial charge in [0, 0.05) is 12.1 Å². The van der Waals surface area contributed by atoms with Crippen LogP contribution in [-0.2, 0) is 6.54 Å². The largest absolute Gasteiger partial charge is 0.325 e. The maximum Gasteiger partial charge on any atom is 0.123 e. The summed E-state index contributed by atoms with van der Waals surface area (Å²) in [6.45, 7) is 1.87. The Bertz CT molecular complexity index is 382. The third kappa shape index (κ3) is 4.59. The number of hydrogen-bond donors (Lipinski definition) is 1. The zero-order chi connectivity index (χ0) is 13.7. The summed E-state index contributed by atoms with van der Waals surface area (Å²) >= 11 is 0. The van der Waals surface area contributed by atoms with Crippen molar-refractivity contribution in [1.82, 2.24) is 4.90 Å². The summed E-state index contributed by atoms with van der Waals surface area (Å²) in [6.07, 6.45) is 7.28. The predicted octanol–water partition coefficient (Wildman–Crippen LogP) is 3.31. The highest BCUT2D eigenvalue weighted by molar-refractivity contribution is 5.15. The van der Waals surface area contributed by atoms with Gasteiger partial charge in [-0.25, -0.2) is 4.39 Å². The molecular formula is C16H25FN2. The molecule has 0 atom stereocenters. The van der Waals surface area contributed by atoms with E-state index in [2.05, 4.69) is 11.9 Å². The second-order valence-electron chi connectivity index (χ2n) is 6.04. The average Bonchev–Trinajstić information content (AvgIpc) is 2.40. The summed E-state index contributed by atoms with van der Waals surface area (Å²) in [5, 5.41) is 0. The Morgan fingerprint density at radius 1 is 1.16 bits per heavy atom. The van der Waals surface area contributed by atoms with Crippen molar-refractivity contribution in [2.24, 2.45) is 5.73 Å². The number of hydrogen-bond acceptors (Lipinski definition) is 2. The SMILES string of the molecule is CN(CCC1(N)CCCCC1)Cc1ccc(F)cc1. The van der Waals surface area contributed by atoms with Crippen molar-refractivity contribution in [1.29, 1.82) is 0 Å². The molecule has 1 aliphatic carbocycles. The molecule has 0 aromatic heterocycles. The van der Waals surface area contributed by atoms with E-state index in [0.717, 1.165) is 37.9 Å². The predicted molar refractivity (Wildman–Crippen MR) is 77.4 cm³/mol. The van der Waals surface area contributed by atoms with Crippen molar-refractivity contribution in [3.05, 3.63) is 35.6 Å². The minimum atomic E-state index is -0.172. The van der Waals surface area contributed by atoms with Gasteiger partial charge >= 0.3 is 0 Å². The van der Waals surface area contributed by atoms with Crippen LogP contribution in [0.15, 0.2) is 24.3 Å². The van der Waals surface area contributed by atoms with Crippen LogP contribution >= 0.6 is 0 Å². The molecule has 0 saturated heterocycles. The first-order valence-corrected chi connectivity index (χ1v) is 7.29. The molecular weight excluding hydrogens is 239 g/mol. The Hall–Kier alpha value is -0.930. The monoisotopic (exact) mass is 264 g/mol. The molecule has 1 aliphatic rings. The van der Waals surface area contributed by atoms with Crippen LogP contribution in [0.25, 0.3) is 0 Å². The fourth-order valence-corrected chi connectivity index (χ4v) is 2.90. The minimum Gasteiger partial charge on any atom is -0.325 e. The lowest BCUT2D eigenvalue weighted by Crippen LogP contribution is -2.44. The van der Waals surface area contributed by atoms with Gasteiger partial charge in [0.2, 0.25) is 0 Å². The van der Waals surface area contributed by atoms with Gasteiger partial charge in [-0.15, -0.1) is 0 Å². The Morgan fingerprint density at radius 2 is 1.79 bits per heavy atom. The van der Waals surface area contributed by atoms with E-state index >= 15 is 0 Å². The first kappa shape index (κ1) is 14.5. The van der Waals surface area contributed by atoms with Gasteiger partial charge in [0.1, 0.15) is 5.82 Å². The Kier molecular flexibility index (Phi) is 4.94. The highest BCUT2D eigenvalue weighted by Crippen LogP contribution is 2.28. The molecule has 2 N–H and O–H groups in total. The standard InChI is InChI=1S/C16H25FN2/c1-19(13-14-5-7-15(17)8-6-14)12-11-16(18)9-3-2-4-10-16/h5-8H,2-4,9-13,18H2,1H3. The molecule has 1 fully saturated rings. The average molecular weight is 264 g/mol. The van der Waals surface area contributed by atoms with E-state index in [-0.39, 0.29) is 11.4 Å². The van der Waals surface area contributed by atoms with Gasteiger partial charge in [-0.3, -0.25) is 0 Å². The van der Waals surface area contributed by atoms with E-state index in [9.17, 15) is 4.39 Å². The summed E-state index contributed by atoms with van der Waals surface area (Å²) in [4.78, 5) is 2.27. The van der Waals surface area contributed by atoms with Crippen molar-refractivity contribution >= 4 is 0 Å². The van der Waals surface area contributed by atoms with Gasteiger partial charge in [-0.1, -0.05) is 31.4 Å². The van der Waals surface area contributed by atoms with E-state index in [1.807, 2.05) is 12.1 Å². The normalized spacial score (nSPS) is 18.7. The molecule has 0 heterocycles. The molecule has 106 valence electrons. The quantitative estimate of drug-likeness (QED) is 0.884. The van der Waals surface area contributed by atoms with E-state index in [4.69, 9.17) is 5.73 Å². The molecule has 0 radical (unpaired) electrons. The van der Waals surface area contributed by atoms with Crippen molar-refractivity contribution in [2.75, 3.05) is 13.6 Å². The van der Waals surface area contributed by atoms with Gasteiger partial charge in [0.25, 0.3) is 0 Å². The molecule has 19 heavy (non-hydrogen) atoms. The first-order chi connectivity index (χ1) is 9.07. The third-order valence-electron chi connectivity index (χ3n) is 4.21.